The Balaban J connectivity index is 2.38. The van der Waals surface area contributed by atoms with Crippen molar-refractivity contribution in [2.75, 3.05) is 24.6 Å². The molecule has 2 rings (SSSR count). The largest absolute Gasteiger partial charge is 0.395 e. The molecular weight excluding hydrogens is 328 g/mol. The smallest absolute Gasteiger partial charge is 0.289 e. The lowest BCUT2D eigenvalue weighted by Gasteiger charge is -2.22. The van der Waals surface area contributed by atoms with Crippen molar-refractivity contribution in [1.29, 1.82) is 5.26 Å². The van der Waals surface area contributed by atoms with Gasteiger partial charge in [-0.25, -0.2) is 4.68 Å². The van der Waals surface area contributed by atoms with Crippen molar-refractivity contribution >= 4 is 11.9 Å². The molecule has 1 aromatic heterocycles. The highest BCUT2D eigenvalue weighted by Gasteiger charge is 2.09. The molecule has 1 aromatic carbocycles. The number of benzene rings is 1. The van der Waals surface area contributed by atoms with Crippen LogP contribution < -0.4 is 10.5 Å². The van der Waals surface area contributed by atoms with Crippen molar-refractivity contribution in [1.82, 2.24) is 4.68 Å². The molecule has 6 nitrogen and oxygen atoms in total. The second kappa shape index (κ2) is 8.45. The second-order valence-electron chi connectivity index (χ2n) is 6.16. The minimum atomic E-state index is -0.407. The molecule has 0 aliphatic rings. The predicted octanol–water partition coefficient (Wildman–Crippen LogP) is 2.35. The van der Waals surface area contributed by atoms with E-state index < -0.39 is 5.56 Å². The summed E-state index contributed by atoms with van der Waals surface area (Å²) in [6, 6.07) is 9.67. The van der Waals surface area contributed by atoms with Crippen LogP contribution in [-0.4, -0.2) is 35.7 Å². The summed E-state index contributed by atoms with van der Waals surface area (Å²) in [4.78, 5) is 14.5. The molecule has 0 saturated heterocycles. The van der Waals surface area contributed by atoms with Crippen molar-refractivity contribution in [3.8, 4) is 6.07 Å². The summed E-state index contributed by atoms with van der Waals surface area (Å²) in [5, 5.41) is 22.6. The standard InChI is InChI=1S/C20H24N4O2/c1-5-23(8-9-25)18-7-6-17(14(2)11-18)13-22-24-16(4)10-15(3)19(12-21)20(24)26/h6-7,10-11,13,25H,5,8-9H2,1-4H3/b22-13-. The molecule has 0 amide bonds. The third-order valence-corrected chi connectivity index (χ3v) is 4.35. The van der Waals surface area contributed by atoms with Crippen molar-refractivity contribution in [2.24, 2.45) is 5.10 Å². The Labute approximate surface area is 153 Å². The second-order valence-corrected chi connectivity index (χ2v) is 6.16. The Hall–Kier alpha value is -2.91. The number of rotatable bonds is 6. The summed E-state index contributed by atoms with van der Waals surface area (Å²) in [5.41, 5.74) is 3.98. The lowest BCUT2D eigenvalue weighted by atomic mass is 10.1. The van der Waals surface area contributed by atoms with Crippen LogP contribution in [0.15, 0.2) is 34.2 Å². The van der Waals surface area contributed by atoms with Gasteiger partial charge in [0.1, 0.15) is 11.6 Å². The van der Waals surface area contributed by atoms with E-state index in [1.54, 1.807) is 26.1 Å². The van der Waals surface area contributed by atoms with Crippen molar-refractivity contribution in [3.05, 3.63) is 62.6 Å². The molecule has 1 N–H and O–H groups in total. The number of aryl methyl sites for hydroxylation is 3. The van der Waals surface area contributed by atoms with Gasteiger partial charge in [-0.15, -0.1) is 0 Å². The maximum Gasteiger partial charge on any atom is 0.289 e. The fourth-order valence-corrected chi connectivity index (χ4v) is 2.87. The van der Waals surface area contributed by atoms with Gasteiger partial charge in [-0.1, -0.05) is 6.07 Å². The number of hydrogen-bond acceptors (Lipinski definition) is 5. The average Bonchev–Trinajstić information content (AvgIpc) is 2.60. The van der Waals surface area contributed by atoms with Crippen LogP contribution >= 0.6 is 0 Å². The van der Waals surface area contributed by atoms with Gasteiger partial charge < -0.3 is 10.0 Å². The molecule has 136 valence electrons. The molecule has 2 aromatic rings. The van der Waals surface area contributed by atoms with E-state index in [0.717, 1.165) is 23.4 Å². The minimum absolute atomic E-state index is 0.104. The van der Waals surface area contributed by atoms with Gasteiger partial charge in [-0.05, 0) is 62.6 Å². The maximum absolute atomic E-state index is 12.4. The number of aromatic nitrogens is 1. The summed E-state index contributed by atoms with van der Waals surface area (Å²) in [5.74, 6) is 0. The first-order valence-electron chi connectivity index (χ1n) is 8.57. The molecule has 0 aliphatic heterocycles. The van der Waals surface area contributed by atoms with Crippen molar-refractivity contribution in [3.63, 3.8) is 0 Å². The quantitative estimate of drug-likeness (QED) is 0.809. The summed E-state index contributed by atoms with van der Waals surface area (Å²) in [7, 11) is 0. The molecular formula is C20H24N4O2. The van der Waals surface area contributed by atoms with Crippen LogP contribution in [0.2, 0.25) is 0 Å². The third kappa shape index (κ3) is 4.01. The monoisotopic (exact) mass is 352 g/mol. The topological polar surface area (TPSA) is 81.6 Å². The number of pyridine rings is 1. The Kier molecular flexibility index (Phi) is 6.31. The predicted molar refractivity (Wildman–Crippen MR) is 104 cm³/mol. The van der Waals surface area contributed by atoms with Gasteiger partial charge in [0.15, 0.2) is 0 Å². The first-order chi connectivity index (χ1) is 12.4. The van der Waals surface area contributed by atoms with E-state index in [0.29, 0.717) is 17.8 Å². The van der Waals surface area contributed by atoms with Crippen LogP contribution in [0.1, 0.15) is 34.9 Å². The van der Waals surface area contributed by atoms with Crippen LogP contribution in [-0.2, 0) is 0 Å². The zero-order valence-electron chi connectivity index (χ0n) is 15.7. The van der Waals surface area contributed by atoms with Crippen LogP contribution in [0.3, 0.4) is 0 Å². The number of likely N-dealkylation sites (N-methyl/N-ethyl adjacent to an activating group) is 1. The van der Waals surface area contributed by atoms with E-state index in [9.17, 15) is 4.79 Å². The molecule has 0 unspecified atom stereocenters. The highest BCUT2D eigenvalue weighted by atomic mass is 16.3. The van der Waals surface area contributed by atoms with Gasteiger partial charge in [0.2, 0.25) is 0 Å². The number of aliphatic hydroxyl groups is 1. The molecule has 1 heterocycles. The molecule has 0 fully saturated rings. The van der Waals surface area contributed by atoms with Crippen LogP contribution in [0.5, 0.6) is 0 Å². The highest BCUT2D eigenvalue weighted by molar-refractivity contribution is 5.82. The van der Waals surface area contributed by atoms with Gasteiger partial charge in [0.05, 0.1) is 12.8 Å². The molecule has 0 spiro atoms. The Morgan fingerprint density at radius 1 is 1.27 bits per heavy atom. The molecule has 6 heteroatoms. The van der Waals surface area contributed by atoms with E-state index in [1.807, 2.05) is 38.1 Å². The van der Waals surface area contributed by atoms with E-state index in [-0.39, 0.29) is 12.2 Å². The van der Waals surface area contributed by atoms with Gasteiger partial charge >= 0.3 is 0 Å². The van der Waals surface area contributed by atoms with Gasteiger partial charge in [-0.3, -0.25) is 4.79 Å². The Morgan fingerprint density at radius 3 is 2.58 bits per heavy atom. The summed E-state index contributed by atoms with van der Waals surface area (Å²) in [6.07, 6.45) is 1.63. The highest BCUT2D eigenvalue weighted by Crippen LogP contribution is 2.18. The first-order valence-corrected chi connectivity index (χ1v) is 8.57. The molecule has 0 aliphatic carbocycles. The van der Waals surface area contributed by atoms with Crippen LogP contribution in [0, 0.1) is 32.1 Å². The van der Waals surface area contributed by atoms with E-state index in [1.165, 1.54) is 4.68 Å². The molecule has 0 atom stereocenters. The van der Waals surface area contributed by atoms with Gasteiger partial charge in [0, 0.05) is 24.5 Å². The number of nitrogens with zero attached hydrogens (tertiary/aromatic N) is 4. The fraction of sp³-hybridized carbons (Fsp3) is 0.350. The molecule has 0 saturated carbocycles. The van der Waals surface area contributed by atoms with E-state index in [2.05, 4.69) is 10.0 Å². The number of anilines is 1. The summed E-state index contributed by atoms with van der Waals surface area (Å²) < 4.78 is 1.25. The van der Waals surface area contributed by atoms with Crippen LogP contribution in [0.25, 0.3) is 0 Å². The number of nitriles is 1. The van der Waals surface area contributed by atoms with Crippen molar-refractivity contribution < 1.29 is 5.11 Å². The SMILES string of the molecule is CCN(CCO)c1ccc(/C=N\n2c(C)cc(C)c(C#N)c2=O)c(C)c1. The lowest BCUT2D eigenvalue weighted by molar-refractivity contribution is 0.302. The molecule has 0 radical (unpaired) electrons. The van der Waals surface area contributed by atoms with E-state index >= 15 is 0 Å². The van der Waals surface area contributed by atoms with E-state index in [4.69, 9.17) is 10.4 Å². The van der Waals surface area contributed by atoms with Crippen LogP contribution in [0.4, 0.5) is 5.69 Å². The zero-order valence-corrected chi connectivity index (χ0v) is 15.7. The average molecular weight is 352 g/mol. The fourth-order valence-electron chi connectivity index (χ4n) is 2.87. The maximum atomic E-state index is 12.4. The molecule has 26 heavy (non-hydrogen) atoms. The Morgan fingerprint density at radius 2 is 2.00 bits per heavy atom. The zero-order chi connectivity index (χ0) is 19.3. The first kappa shape index (κ1) is 19.4. The Bertz CT molecular complexity index is 923. The molecule has 0 bridgehead atoms. The van der Waals surface area contributed by atoms with Gasteiger partial charge in [-0.2, -0.15) is 10.4 Å². The summed E-state index contributed by atoms with van der Waals surface area (Å²) >= 11 is 0. The minimum Gasteiger partial charge on any atom is -0.395 e. The third-order valence-electron chi connectivity index (χ3n) is 4.35. The van der Waals surface area contributed by atoms with Gasteiger partial charge in [0.25, 0.3) is 5.56 Å². The normalized spacial score (nSPS) is 10.9. The lowest BCUT2D eigenvalue weighted by Crippen LogP contribution is -2.26. The summed E-state index contributed by atoms with van der Waals surface area (Å²) in [6.45, 7) is 9.04. The number of hydrogen-bond donors (Lipinski definition) is 1. The number of aliphatic hydroxyl groups excluding tert-OH is 1. The van der Waals surface area contributed by atoms with Crippen molar-refractivity contribution in [2.45, 2.75) is 27.7 Å².